The van der Waals surface area contributed by atoms with E-state index >= 15 is 0 Å². The fourth-order valence-corrected chi connectivity index (χ4v) is 1.86. The molecule has 0 saturated carbocycles. The van der Waals surface area contributed by atoms with E-state index in [2.05, 4.69) is 0 Å². The zero-order valence-electron chi connectivity index (χ0n) is 10.7. The van der Waals surface area contributed by atoms with Crippen LogP contribution in [0.2, 0.25) is 0 Å². The number of aliphatic hydroxyl groups is 3. The number of hydrogen-bond donors (Lipinski definition) is 3. The molecule has 9 heteroatoms. The summed E-state index contributed by atoms with van der Waals surface area (Å²) >= 11 is 0. The van der Waals surface area contributed by atoms with Crippen molar-refractivity contribution < 1.29 is 34.5 Å². The van der Waals surface area contributed by atoms with E-state index in [0.29, 0.717) is 0 Å². The number of nitro benzene ring substituents is 1. The minimum atomic E-state index is -1.48. The predicted octanol–water partition coefficient (Wildman–Crippen LogP) is -0.809. The molecule has 114 valence electrons. The van der Waals surface area contributed by atoms with Crippen LogP contribution in [0.1, 0.15) is 10.4 Å². The number of aliphatic hydroxyl groups excluding tert-OH is 3. The molecule has 0 amide bonds. The number of ether oxygens (including phenoxy) is 2. The van der Waals surface area contributed by atoms with Crippen LogP contribution in [-0.2, 0) is 9.47 Å². The fraction of sp³-hybridized carbons (Fsp3) is 0.417. The van der Waals surface area contributed by atoms with Gasteiger partial charge in [0.15, 0.2) is 0 Å². The van der Waals surface area contributed by atoms with Crippen LogP contribution in [0.15, 0.2) is 24.3 Å². The van der Waals surface area contributed by atoms with E-state index < -0.39 is 42.1 Å². The molecule has 3 N–H and O–H groups in total. The molecule has 1 aliphatic heterocycles. The van der Waals surface area contributed by atoms with Gasteiger partial charge in [-0.1, -0.05) is 0 Å². The number of non-ortho nitro benzene ring substituents is 1. The van der Waals surface area contributed by atoms with Gasteiger partial charge in [-0.05, 0) is 12.1 Å². The molecule has 1 saturated heterocycles. The molecule has 0 aromatic heterocycles. The summed E-state index contributed by atoms with van der Waals surface area (Å²) in [6.45, 7) is -0.538. The molecule has 21 heavy (non-hydrogen) atoms. The molecular formula is C12H13NO8. The highest BCUT2D eigenvalue weighted by Gasteiger charge is 2.44. The number of carbonyl (C=O) groups excluding carboxylic acids is 1. The van der Waals surface area contributed by atoms with Crippen LogP contribution in [0.3, 0.4) is 0 Å². The largest absolute Gasteiger partial charge is 0.429 e. The average Bonchev–Trinajstić information content (AvgIpc) is 2.75. The average molecular weight is 299 g/mol. The van der Waals surface area contributed by atoms with Gasteiger partial charge in [-0.15, -0.1) is 0 Å². The Kier molecular flexibility index (Phi) is 4.48. The Morgan fingerprint density at radius 3 is 2.38 bits per heavy atom. The van der Waals surface area contributed by atoms with Crippen molar-refractivity contribution in [3.63, 3.8) is 0 Å². The van der Waals surface area contributed by atoms with E-state index in [1.165, 1.54) is 12.1 Å². The Hall–Kier alpha value is -2.07. The fourth-order valence-electron chi connectivity index (χ4n) is 1.86. The third kappa shape index (κ3) is 3.16. The lowest BCUT2D eigenvalue weighted by Gasteiger charge is -2.15. The van der Waals surface area contributed by atoms with Crippen molar-refractivity contribution >= 4 is 11.7 Å². The second-order valence-electron chi connectivity index (χ2n) is 4.42. The van der Waals surface area contributed by atoms with Gasteiger partial charge in [0.1, 0.15) is 18.3 Å². The van der Waals surface area contributed by atoms with Crippen molar-refractivity contribution in [3.05, 3.63) is 39.9 Å². The van der Waals surface area contributed by atoms with Gasteiger partial charge in [0.25, 0.3) is 5.69 Å². The second-order valence-corrected chi connectivity index (χ2v) is 4.42. The first-order valence-corrected chi connectivity index (χ1v) is 6.02. The van der Waals surface area contributed by atoms with E-state index in [1.54, 1.807) is 0 Å². The Balaban J connectivity index is 2.03. The van der Waals surface area contributed by atoms with E-state index in [-0.39, 0.29) is 11.3 Å². The molecule has 1 aromatic carbocycles. The number of rotatable bonds is 4. The highest BCUT2D eigenvalue weighted by molar-refractivity contribution is 5.89. The maximum atomic E-state index is 11.8. The lowest BCUT2D eigenvalue weighted by atomic mass is 10.1. The van der Waals surface area contributed by atoms with Gasteiger partial charge in [0, 0.05) is 12.1 Å². The zero-order chi connectivity index (χ0) is 15.6. The number of nitro groups is 1. The summed E-state index contributed by atoms with van der Waals surface area (Å²) in [5, 5.41) is 38.5. The van der Waals surface area contributed by atoms with Crippen molar-refractivity contribution in [2.75, 3.05) is 6.61 Å². The third-order valence-corrected chi connectivity index (χ3v) is 3.04. The first kappa shape index (κ1) is 15.3. The Morgan fingerprint density at radius 1 is 1.29 bits per heavy atom. The van der Waals surface area contributed by atoms with Gasteiger partial charge in [-0.2, -0.15) is 0 Å². The molecule has 1 aromatic rings. The van der Waals surface area contributed by atoms with Crippen LogP contribution in [0, 0.1) is 10.1 Å². The van der Waals surface area contributed by atoms with Crippen LogP contribution in [-0.4, -0.2) is 57.4 Å². The highest BCUT2D eigenvalue weighted by Crippen LogP contribution is 2.23. The van der Waals surface area contributed by atoms with Gasteiger partial charge < -0.3 is 24.8 Å². The number of esters is 1. The molecule has 0 spiro atoms. The van der Waals surface area contributed by atoms with E-state index in [1.807, 2.05) is 0 Å². The molecular weight excluding hydrogens is 286 g/mol. The van der Waals surface area contributed by atoms with Crippen LogP contribution >= 0.6 is 0 Å². The number of nitrogens with zero attached hydrogens (tertiary/aromatic N) is 1. The summed E-state index contributed by atoms with van der Waals surface area (Å²) in [4.78, 5) is 21.7. The standard InChI is InChI=1S/C12H13NO8/c14-5-8-9(15)10(16)12(20-8)21-11(17)6-1-3-7(4-2-6)13(18)19/h1-4,8-10,12,14-16H,5H2/t8-,9-,10-,12-/m1/s1. The van der Waals surface area contributed by atoms with Gasteiger partial charge in [-0.25, -0.2) is 4.79 Å². The zero-order valence-corrected chi connectivity index (χ0v) is 10.7. The summed E-state index contributed by atoms with van der Waals surface area (Å²) < 4.78 is 9.85. The Bertz CT molecular complexity index is 531. The van der Waals surface area contributed by atoms with Crippen molar-refractivity contribution in [2.45, 2.75) is 24.6 Å². The maximum Gasteiger partial charge on any atom is 0.340 e. The van der Waals surface area contributed by atoms with Gasteiger partial charge in [-0.3, -0.25) is 10.1 Å². The summed E-state index contributed by atoms with van der Waals surface area (Å²) in [7, 11) is 0. The van der Waals surface area contributed by atoms with Crippen LogP contribution in [0.5, 0.6) is 0 Å². The molecule has 0 aliphatic carbocycles. The van der Waals surface area contributed by atoms with Crippen molar-refractivity contribution in [2.24, 2.45) is 0 Å². The summed E-state index contributed by atoms with van der Waals surface area (Å²) in [5.74, 6) is -0.875. The number of hydrogen-bond acceptors (Lipinski definition) is 8. The first-order valence-electron chi connectivity index (χ1n) is 6.02. The third-order valence-electron chi connectivity index (χ3n) is 3.04. The van der Waals surface area contributed by atoms with Crippen molar-refractivity contribution in [1.29, 1.82) is 0 Å². The van der Waals surface area contributed by atoms with E-state index in [0.717, 1.165) is 12.1 Å². The van der Waals surface area contributed by atoms with Gasteiger partial charge in [0.2, 0.25) is 6.29 Å². The van der Waals surface area contributed by atoms with Crippen LogP contribution < -0.4 is 0 Å². The Morgan fingerprint density at radius 2 is 1.90 bits per heavy atom. The molecule has 1 heterocycles. The maximum absolute atomic E-state index is 11.8. The monoisotopic (exact) mass is 299 g/mol. The smallest absolute Gasteiger partial charge is 0.340 e. The first-order chi connectivity index (χ1) is 9.93. The van der Waals surface area contributed by atoms with Gasteiger partial charge >= 0.3 is 5.97 Å². The molecule has 0 unspecified atom stereocenters. The molecule has 0 radical (unpaired) electrons. The highest BCUT2D eigenvalue weighted by atomic mass is 16.7. The van der Waals surface area contributed by atoms with Crippen LogP contribution in [0.4, 0.5) is 5.69 Å². The number of carbonyl (C=O) groups is 1. The lowest BCUT2D eigenvalue weighted by Crippen LogP contribution is -2.35. The molecule has 0 bridgehead atoms. The van der Waals surface area contributed by atoms with E-state index in [4.69, 9.17) is 14.6 Å². The minimum Gasteiger partial charge on any atom is -0.429 e. The molecule has 1 aliphatic rings. The molecule has 4 atom stereocenters. The summed E-state index contributed by atoms with van der Waals surface area (Å²) in [5.41, 5.74) is -0.155. The second kappa shape index (κ2) is 6.14. The topological polar surface area (TPSA) is 139 Å². The normalized spacial score (nSPS) is 28.3. The molecule has 1 fully saturated rings. The Labute approximate surface area is 118 Å². The lowest BCUT2D eigenvalue weighted by molar-refractivity contribution is -0.384. The van der Waals surface area contributed by atoms with Crippen molar-refractivity contribution in [1.82, 2.24) is 0 Å². The summed E-state index contributed by atoms with van der Waals surface area (Å²) in [6, 6.07) is 4.66. The molecule has 9 nitrogen and oxygen atoms in total. The van der Waals surface area contributed by atoms with Crippen LogP contribution in [0.25, 0.3) is 0 Å². The number of benzene rings is 1. The minimum absolute atomic E-state index is 0.0262. The quantitative estimate of drug-likeness (QED) is 0.372. The van der Waals surface area contributed by atoms with Gasteiger partial charge in [0.05, 0.1) is 17.1 Å². The SMILES string of the molecule is O=C(O[C@H]1O[C@H](CO)[C@@H](O)[C@H]1O)c1ccc([N+](=O)[O-])cc1. The predicted molar refractivity (Wildman–Crippen MR) is 66.3 cm³/mol. The van der Waals surface area contributed by atoms with E-state index in [9.17, 15) is 25.1 Å². The van der Waals surface area contributed by atoms with Crippen molar-refractivity contribution in [3.8, 4) is 0 Å². The molecule has 2 rings (SSSR count). The summed E-state index contributed by atoms with van der Waals surface area (Å²) in [6.07, 6.45) is -5.32.